The summed E-state index contributed by atoms with van der Waals surface area (Å²) in [5, 5.41) is 5.30. The fourth-order valence-corrected chi connectivity index (χ4v) is 4.03. The molecule has 0 aromatic heterocycles. The zero-order valence-corrected chi connectivity index (χ0v) is 16.9. The van der Waals surface area contributed by atoms with E-state index in [0.29, 0.717) is 30.6 Å². The zero-order valence-electron chi connectivity index (χ0n) is 16.9. The van der Waals surface area contributed by atoms with Gasteiger partial charge >= 0.3 is 5.97 Å². The van der Waals surface area contributed by atoms with Gasteiger partial charge in [0.1, 0.15) is 12.6 Å². The number of hydrogen-bond donors (Lipinski definition) is 2. The molecule has 0 bridgehead atoms. The maximum absolute atomic E-state index is 13.4. The summed E-state index contributed by atoms with van der Waals surface area (Å²) in [7, 11) is 0. The van der Waals surface area contributed by atoms with E-state index in [-0.39, 0.29) is 12.2 Å². The number of fused-ring (bicyclic) bond motifs is 2. The number of hydrogen-bond acceptors (Lipinski definition) is 5. The van der Waals surface area contributed by atoms with Crippen LogP contribution >= 0.6 is 0 Å². The monoisotopic (exact) mass is 409 g/mol. The summed E-state index contributed by atoms with van der Waals surface area (Å²) in [5.74, 6) is -2.35. The highest BCUT2D eigenvalue weighted by atomic mass is 16.5. The first-order chi connectivity index (χ1) is 14.3. The van der Waals surface area contributed by atoms with Crippen LogP contribution in [0, 0.1) is 0 Å². The van der Waals surface area contributed by atoms with Crippen molar-refractivity contribution < 1.29 is 23.9 Å². The number of para-hydroxylation sites is 1. The SMILES string of the molecule is CC(C)=CCOC(=O)C1(/C=C2/C(=O)Nc3ccccc32)NC(=O)[C@@H]2CCCN2C1=O. The molecule has 1 aromatic rings. The number of carbonyl (C=O) groups excluding carboxylic acids is 4. The fourth-order valence-electron chi connectivity index (χ4n) is 4.03. The Balaban J connectivity index is 1.80. The number of rotatable bonds is 4. The first-order valence-corrected chi connectivity index (χ1v) is 9.91. The fraction of sp³-hybridized carbons (Fsp3) is 0.364. The third-order valence-electron chi connectivity index (χ3n) is 5.57. The van der Waals surface area contributed by atoms with E-state index < -0.39 is 35.3 Å². The van der Waals surface area contributed by atoms with Crippen LogP contribution in [0.1, 0.15) is 32.3 Å². The molecule has 8 heteroatoms. The molecule has 30 heavy (non-hydrogen) atoms. The summed E-state index contributed by atoms with van der Waals surface area (Å²) < 4.78 is 5.34. The Kier molecular flexibility index (Phi) is 4.93. The van der Waals surface area contributed by atoms with Crippen LogP contribution in [0.3, 0.4) is 0 Å². The number of ether oxygens (including phenoxy) is 1. The number of piperazine rings is 1. The lowest BCUT2D eigenvalue weighted by Crippen LogP contribution is -2.71. The third kappa shape index (κ3) is 3.18. The molecule has 2 N–H and O–H groups in total. The molecule has 0 saturated carbocycles. The highest BCUT2D eigenvalue weighted by molar-refractivity contribution is 6.33. The van der Waals surface area contributed by atoms with Crippen molar-refractivity contribution in [2.45, 2.75) is 38.3 Å². The summed E-state index contributed by atoms with van der Waals surface area (Å²) >= 11 is 0. The molecule has 3 heterocycles. The molecular formula is C22H23N3O5. The molecule has 0 radical (unpaired) electrons. The average molecular weight is 409 g/mol. The van der Waals surface area contributed by atoms with Crippen molar-refractivity contribution >= 4 is 35.0 Å². The molecule has 2 fully saturated rings. The number of carbonyl (C=O) groups is 4. The molecule has 0 spiro atoms. The van der Waals surface area contributed by atoms with Gasteiger partial charge in [0.25, 0.3) is 11.8 Å². The molecule has 8 nitrogen and oxygen atoms in total. The number of esters is 1. The van der Waals surface area contributed by atoms with Gasteiger partial charge in [-0.3, -0.25) is 14.4 Å². The maximum atomic E-state index is 13.4. The number of benzene rings is 1. The molecule has 2 saturated heterocycles. The molecule has 3 aliphatic rings. The van der Waals surface area contributed by atoms with Gasteiger partial charge in [-0.15, -0.1) is 0 Å². The normalized spacial score (nSPS) is 26.1. The highest BCUT2D eigenvalue weighted by Crippen LogP contribution is 2.35. The molecule has 3 aliphatic heterocycles. The first kappa shape index (κ1) is 19.9. The van der Waals surface area contributed by atoms with Gasteiger partial charge in [0, 0.05) is 23.4 Å². The van der Waals surface area contributed by atoms with Gasteiger partial charge in [0.05, 0.1) is 0 Å². The Hall–Kier alpha value is -3.42. The predicted octanol–water partition coefficient (Wildman–Crippen LogP) is 1.39. The van der Waals surface area contributed by atoms with Gasteiger partial charge in [-0.1, -0.05) is 23.8 Å². The molecule has 2 atom stereocenters. The van der Waals surface area contributed by atoms with Crippen LogP contribution in [-0.4, -0.2) is 53.3 Å². The van der Waals surface area contributed by atoms with Gasteiger partial charge in [-0.2, -0.15) is 0 Å². The van der Waals surface area contributed by atoms with Crippen molar-refractivity contribution in [2.75, 3.05) is 18.5 Å². The van der Waals surface area contributed by atoms with Gasteiger partial charge < -0.3 is 20.3 Å². The van der Waals surface area contributed by atoms with Crippen LogP contribution < -0.4 is 10.6 Å². The Morgan fingerprint density at radius 1 is 1.27 bits per heavy atom. The van der Waals surface area contributed by atoms with Crippen LogP contribution in [0.25, 0.3) is 5.57 Å². The van der Waals surface area contributed by atoms with Crippen molar-refractivity contribution in [3.05, 3.63) is 47.6 Å². The molecule has 0 aliphatic carbocycles. The molecule has 1 aromatic carbocycles. The predicted molar refractivity (Wildman–Crippen MR) is 109 cm³/mol. The topological polar surface area (TPSA) is 105 Å². The van der Waals surface area contributed by atoms with Crippen molar-refractivity contribution in [3.8, 4) is 0 Å². The summed E-state index contributed by atoms with van der Waals surface area (Å²) in [4.78, 5) is 53.4. The minimum absolute atomic E-state index is 0.0402. The Morgan fingerprint density at radius 2 is 2.03 bits per heavy atom. The van der Waals surface area contributed by atoms with E-state index in [2.05, 4.69) is 10.6 Å². The summed E-state index contributed by atoms with van der Waals surface area (Å²) in [6.07, 6.45) is 4.16. The standard InChI is InChI=1S/C22H23N3O5/c1-13(2)9-11-30-21(29)22(20(28)25-10-5-8-17(25)19(27)24-22)12-15-14-6-3-4-7-16(14)23-18(15)26/h3-4,6-7,9,12,17H,5,8,10-11H2,1-2H3,(H,23,26)(H,24,27)/b15-12+/t17-,22?/m0/s1. The van der Waals surface area contributed by atoms with E-state index in [1.54, 1.807) is 30.3 Å². The summed E-state index contributed by atoms with van der Waals surface area (Å²) in [6, 6.07) is 6.37. The minimum Gasteiger partial charge on any atom is -0.459 e. The number of anilines is 1. The molecule has 1 unspecified atom stereocenters. The summed E-state index contributed by atoms with van der Waals surface area (Å²) in [5.41, 5.74) is 0.145. The van der Waals surface area contributed by atoms with Crippen molar-refractivity contribution in [3.63, 3.8) is 0 Å². The Bertz CT molecular complexity index is 1010. The average Bonchev–Trinajstić information content (AvgIpc) is 3.31. The minimum atomic E-state index is -2.09. The number of amides is 3. The summed E-state index contributed by atoms with van der Waals surface area (Å²) in [6.45, 7) is 4.05. The smallest absolute Gasteiger partial charge is 0.346 e. The quantitative estimate of drug-likeness (QED) is 0.338. The molecular weight excluding hydrogens is 386 g/mol. The van der Waals surface area contributed by atoms with Crippen LogP contribution in [0.5, 0.6) is 0 Å². The molecule has 3 amide bonds. The second-order valence-corrected chi connectivity index (χ2v) is 7.89. The van der Waals surface area contributed by atoms with E-state index in [1.807, 2.05) is 13.8 Å². The second-order valence-electron chi connectivity index (χ2n) is 7.89. The van der Waals surface area contributed by atoms with Crippen LogP contribution in [0.2, 0.25) is 0 Å². The number of allylic oxidation sites excluding steroid dienone is 1. The van der Waals surface area contributed by atoms with E-state index in [4.69, 9.17) is 4.74 Å². The van der Waals surface area contributed by atoms with Crippen molar-refractivity contribution in [1.29, 1.82) is 0 Å². The third-order valence-corrected chi connectivity index (χ3v) is 5.57. The van der Waals surface area contributed by atoms with Crippen molar-refractivity contribution in [2.24, 2.45) is 0 Å². The number of nitrogens with zero attached hydrogens (tertiary/aromatic N) is 1. The second kappa shape index (κ2) is 7.44. The van der Waals surface area contributed by atoms with E-state index >= 15 is 0 Å². The maximum Gasteiger partial charge on any atom is 0.346 e. The highest BCUT2D eigenvalue weighted by Gasteiger charge is 2.57. The zero-order chi connectivity index (χ0) is 21.5. The van der Waals surface area contributed by atoms with Gasteiger partial charge in [0.2, 0.25) is 11.4 Å². The van der Waals surface area contributed by atoms with Gasteiger partial charge in [-0.05, 0) is 44.9 Å². The number of nitrogens with one attached hydrogen (secondary N) is 2. The lowest BCUT2D eigenvalue weighted by molar-refractivity contribution is -0.164. The lowest BCUT2D eigenvalue weighted by Gasteiger charge is -2.40. The van der Waals surface area contributed by atoms with E-state index in [9.17, 15) is 19.2 Å². The Morgan fingerprint density at radius 3 is 2.80 bits per heavy atom. The lowest BCUT2D eigenvalue weighted by atomic mass is 9.89. The van der Waals surface area contributed by atoms with E-state index in [1.165, 1.54) is 11.0 Å². The van der Waals surface area contributed by atoms with Gasteiger partial charge in [-0.25, -0.2) is 4.79 Å². The van der Waals surface area contributed by atoms with Gasteiger partial charge in [0.15, 0.2) is 0 Å². The van der Waals surface area contributed by atoms with Crippen LogP contribution in [-0.2, 0) is 23.9 Å². The Labute approximate surface area is 173 Å². The first-order valence-electron chi connectivity index (χ1n) is 9.91. The molecule has 4 rings (SSSR count). The van der Waals surface area contributed by atoms with Crippen LogP contribution in [0.15, 0.2) is 42.0 Å². The molecule has 156 valence electrons. The van der Waals surface area contributed by atoms with Crippen molar-refractivity contribution in [1.82, 2.24) is 10.2 Å². The largest absolute Gasteiger partial charge is 0.459 e. The van der Waals surface area contributed by atoms with Crippen LogP contribution in [0.4, 0.5) is 5.69 Å². The van der Waals surface area contributed by atoms with E-state index in [0.717, 1.165) is 5.57 Å².